The van der Waals surface area contributed by atoms with E-state index >= 15 is 0 Å². The minimum Gasteiger partial charge on any atom is -0.294 e. The fraction of sp³-hybridized carbons (Fsp3) is 0.111. The number of azide groups is 1. The summed E-state index contributed by atoms with van der Waals surface area (Å²) in [6.07, 6.45) is 0. The molecule has 0 radical (unpaired) electrons. The van der Waals surface area contributed by atoms with E-state index in [9.17, 15) is 9.18 Å². The van der Waals surface area contributed by atoms with Gasteiger partial charge in [-0.15, -0.1) is 0 Å². The largest absolute Gasteiger partial charge is 0.294 e. The highest BCUT2D eigenvalue weighted by atomic mass is 35.5. The van der Waals surface area contributed by atoms with Crippen molar-refractivity contribution in [2.45, 2.75) is 6.92 Å². The number of rotatable bonds is 2. The van der Waals surface area contributed by atoms with E-state index in [2.05, 4.69) is 22.2 Å². The molecule has 0 atom stereocenters. The van der Waals surface area contributed by atoms with Gasteiger partial charge in [-0.2, -0.15) is 0 Å². The molecular weight excluding hydrogens is 253 g/mol. The molecule has 4 nitrogen and oxygen atoms in total. The topological polar surface area (TPSA) is 65.8 Å². The molecule has 0 saturated carbocycles. The molecule has 0 aliphatic carbocycles. The number of halogens is 2. The van der Waals surface area contributed by atoms with E-state index in [4.69, 9.17) is 17.1 Å². The zero-order valence-corrected chi connectivity index (χ0v) is 9.64. The van der Waals surface area contributed by atoms with E-state index in [-0.39, 0.29) is 26.9 Å². The quantitative estimate of drug-likeness (QED) is 0.267. The smallest absolute Gasteiger partial charge is 0.161 e. The van der Waals surface area contributed by atoms with Crippen LogP contribution in [0.1, 0.15) is 22.8 Å². The molecular formula is C9H5ClFN3OS. The molecule has 0 aromatic heterocycles. The summed E-state index contributed by atoms with van der Waals surface area (Å²) in [6.45, 7) is 1.29. The van der Waals surface area contributed by atoms with Gasteiger partial charge in [0.1, 0.15) is 10.8 Å². The van der Waals surface area contributed by atoms with Crippen molar-refractivity contribution >= 4 is 34.6 Å². The van der Waals surface area contributed by atoms with Crippen LogP contribution in [0.4, 0.5) is 4.39 Å². The van der Waals surface area contributed by atoms with Gasteiger partial charge in [-0.1, -0.05) is 23.8 Å². The summed E-state index contributed by atoms with van der Waals surface area (Å²) >= 11 is 10.4. The Morgan fingerprint density at radius 2 is 2.19 bits per heavy atom. The molecule has 0 N–H and O–H groups in total. The minimum absolute atomic E-state index is 0.00233. The lowest BCUT2D eigenvalue weighted by atomic mass is 10.1. The van der Waals surface area contributed by atoms with Crippen molar-refractivity contribution < 1.29 is 9.18 Å². The van der Waals surface area contributed by atoms with Crippen LogP contribution in [0.15, 0.2) is 17.2 Å². The number of Topliss-reactive ketones (excluding diaryl/α,β-unsaturated/α-hetero) is 1. The predicted molar refractivity (Wildman–Crippen MR) is 62.3 cm³/mol. The molecule has 0 heterocycles. The Labute approximate surface area is 101 Å². The van der Waals surface area contributed by atoms with Gasteiger partial charge in [-0.3, -0.25) is 4.79 Å². The van der Waals surface area contributed by atoms with E-state index < -0.39 is 5.82 Å². The van der Waals surface area contributed by atoms with Gasteiger partial charge in [0.05, 0.1) is 5.02 Å². The van der Waals surface area contributed by atoms with Gasteiger partial charge < -0.3 is 0 Å². The number of carbonyl (C=O) groups excluding carboxylic acids is 1. The highest BCUT2D eigenvalue weighted by Crippen LogP contribution is 2.22. The molecule has 82 valence electrons. The third-order valence-electron chi connectivity index (χ3n) is 1.80. The summed E-state index contributed by atoms with van der Waals surface area (Å²) in [6, 6.07) is 2.14. The van der Waals surface area contributed by atoms with Crippen molar-refractivity contribution in [1.82, 2.24) is 0 Å². The second-order valence-electron chi connectivity index (χ2n) is 2.86. The van der Waals surface area contributed by atoms with Crippen LogP contribution < -0.4 is 0 Å². The number of ketones is 1. The number of hydrogen-bond donors (Lipinski definition) is 0. The average Bonchev–Trinajstić information content (AvgIpc) is 2.17. The first-order valence-corrected chi connectivity index (χ1v) is 4.85. The van der Waals surface area contributed by atoms with Crippen molar-refractivity contribution in [2.75, 3.05) is 0 Å². The maximum atomic E-state index is 13.4. The molecule has 1 rings (SSSR count). The van der Waals surface area contributed by atoms with E-state index in [1.807, 2.05) is 0 Å². The lowest BCUT2D eigenvalue weighted by molar-refractivity contribution is 0.101. The van der Waals surface area contributed by atoms with Gasteiger partial charge in [0.25, 0.3) is 0 Å². The van der Waals surface area contributed by atoms with Gasteiger partial charge in [-0.05, 0) is 29.7 Å². The van der Waals surface area contributed by atoms with Crippen molar-refractivity contribution in [3.8, 4) is 0 Å². The number of benzene rings is 1. The SMILES string of the molecule is CC(=O)c1cc(C(=S)N=[N+]=[N-])c(F)cc1Cl. The average molecular weight is 258 g/mol. The lowest BCUT2D eigenvalue weighted by Crippen LogP contribution is -2.02. The molecule has 16 heavy (non-hydrogen) atoms. The fourth-order valence-electron chi connectivity index (χ4n) is 1.08. The minimum atomic E-state index is -0.729. The summed E-state index contributed by atoms with van der Waals surface area (Å²) < 4.78 is 13.4. The van der Waals surface area contributed by atoms with Crippen LogP contribution in [-0.4, -0.2) is 10.8 Å². The summed E-state index contributed by atoms with van der Waals surface area (Å²) in [5, 5.41) is 3.10. The Morgan fingerprint density at radius 1 is 1.56 bits per heavy atom. The maximum absolute atomic E-state index is 13.4. The van der Waals surface area contributed by atoms with Gasteiger partial charge in [0.2, 0.25) is 0 Å². The molecule has 0 saturated heterocycles. The van der Waals surface area contributed by atoms with Crippen molar-refractivity contribution in [2.24, 2.45) is 5.11 Å². The first kappa shape index (κ1) is 12.6. The zero-order valence-electron chi connectivity index (χ0n) is 8.07. The van der Waals surface area contributed by atoms with E-state index in [0.29, 0.717) is 0 Å². The third kappa shape index (κ3) is 2.55. The summed E-state index contributed by atoms with van der Waals surface area (Å²) in [5.41, 5.74) is 8.20. The molecule has 0 unspecified atom stereocenters. The molecule has 0 amide bonds. The molecule has 0 fully saturated rings. The standard InChI is InChI=1S/C9H5ClFN3OS/c1-4(15)5-2-6(9(16)13-14-12)8(11)3-7(5)10/h2-3H,1H3. The first-order valence-electron chi connectivity index (χ1n) is 4.06. The lowest BCUT2D eigenvalue weighted by Gasteiger charge is -2.05. The molecule has 0 spiro atoms. The Kier molecular flexibility index (Phi) is 3.95. The number of hydrogen-bond acceptors (Lipinski definition) is 2. The summed E-state index contributed by atoms with van der Waals surface area (Å²) in [5.74, 6) is -1.05. The number of thiocarbonyl (C=S) groups is 1. The van der Waals surface area contributed by atoms with E-state index in [1.165, 1.54) is 13.0 Å². The van der Waals surface area contributed by atoms with E-state index in [1.54, 1.807) is 0 Å². The molecule has 0 bridgehead atoms. The van der Waals surface area contributed by atoms with Crippen LogP contribution in [0.3, 0.4) is 0 Å². The zero-order chi connectivity index (χ0) is 12.3. The monoisotopic (exact) mass is 257 g/mol. The third-order valence-corrected chi connectivity index (χ3v) is 2.42. The molecule has 0 aliphatic rings. The summed E-state index contributed by atoms with van der Waals surface area (Å²) in [7, 11) is 0. The molecule has 0 aliphatic heterocycles. The van der Waals surface area contributed by atoms with Crippen molar-refractivity contribution in [3.63, 3.8) is 0 Å². The summed E-state index contributed by atoms with van der Waals surface area (Å²) in [4.78, 5) is 13.3. The van der Waals surface area contributed by atoms with Crippen LogP contribution in [0.25, 0.3) is 10.4 Å². The molecule has 1 aromatic carbocycles. The van der Waals surface area contributed by atoms with Gasteiger partial charge in [0, 0.05) is 16.0 Å². The Bertz CT molecular complexity index is 526. The Balaban J connectivity index is 3.41. The second kappa shape index (κ2) is 5.03. The normalized spacial score (nSPS) is 9.44. The van der Waals surface area contributed by atoms with E-state index in [0.717, 1.165) is 6.07 Å². The van der Waals surface area contributed by atoms with Gasteiger partial charge in [0.15, 0.2) is 5.78 Å². The van der Waals surface area contributed by atoms with Crippen LogP contribution in [0, 0.1) is 5.82 Å². The highest BCUT2D eigenvalue weighted by molar-refractivity contribution is 7.80. The van der Waals surface area contributed by atoms with Crippen molar-refractivity contribution in [3.05, 3.63) is 44.5 Å². The van der Waals surface area contributed by atoms with Crippen LogP contribution in [0.5, 0.6) is 0 Å². The van der Waals surface area contributed by atoms with Crippen LogP contribution in [0.2, 0.25) is 5.02 Å². The van der Waals surface area contributed by atoms with Gasteiger partial charge >= 0.3 is 0 Å². The predicted octanol–water partition coefficient (Wildman–Crippen LogP) is 3.67. The van der Waals surface area contributed by atoms with Crippen LogP contribution in [-0.2, 0) is 0 Å². The maximum Gasteiger partial charge on any atom is 0.161 e. The number of carbonyl (C=O) groups is 1. The molecule has 1 aromatic rings. The van der Waals surface area contributed by atoms with Crippen molar-refractivity contribution in [1.29, 1.82) is 0 Å². The Hall–Kier alpha value is -1.49. The van der Waals surface area contributed by atoms with Gasteiger partial charge in [-0.25, -0.2) is 4.39 Å². The highest BCUT2D eigenvalue weighted by Gasteiger charge is 2.13. The number of nitrogens with zero attached hydrogens (tertiary/aromatic N) is 3. The first-order chi connectivity index (χ1) is 7.47. The van der Waals surface area contributed by atoms with Crippen LogP contribution >= 0.6 is 23.8 Å². The Morgan fingerprint density at radius 3 is 2.69 bits per heavy atom. The second-order valence-corrected chi connectivity index (χ2v) is 3.66. The molecule has 7 heteroatoms. The fourth-order valence-corrected chi connectivity index (χ4v) is 1.55.